The van der Waals surface area contributed by atoms with Crippen molar-refractivity contribution in [2.45, 2.75) is 11.1 Å². The van der Waals surface area contributed by atoms with E-state index >= 15 is 0 Å². The van der Waals surface area contributed by atoms with Crippen molar-refractivity contribution >= 4 is 24.2 Å². The third-order valence-corrected chi connectivity index (χ3v) is 1.75. The van der Waals surface area contributed by atoms with Crippen LogP contribution in [0.15, 0.2) is 4.21 Å². The van der Waals surface area contributed by atoms with Crippen LogP contribution in [0.1, 0.15) is 5.69 Å². The van der Waals surface area contributed by atoms with Gasteiger partial charge in [-0.1, -0.05) is 4.21 Å². The minimum Gasteiger partial charge on any atom is -0.425 e. The summed E-state index contributed by atoms with van der Waals surface area (Å²) in [5.74, 6) is 0. The summed E-state index contributed by atoms with van der Waals surface area (Å²) in [5.41, 5.74) is 0.861. The molecule has 0 bridgehead atoms. The molecule has 0 fully saturated rings. The Morgan fingerprint density at radius 1 is 1.62 bits per heavy atom. The van der Waals surface area contributed by atoms with Gasteiger partial charge in [0.15, 0.2) is 0 Å². The molecule has 0 atom stereocenters. The Morgan fingerprint density at radius 3 is 2.38 bits per heavy atom. The van der Waals surface area contributed by atoms with Crippen molar-refractivity contribution in [2.75, 3.05) is 0 Å². The first kappa shape index (κ1) is 8.78. The van der Waals surface area contributed by atoms with Crippen LogP contribution in [0.2, 0.25) is 0 Å². The largest absolute Gasteiger partial charge is 1.00 e. The molecular formula is C3H3N2NaS2. The van der Waals surface area contributed by atoms with Crippen molar-refractivity contribution < 1.29 is 29.6 Å². The van der Waals surface area contributed by atoms with Crippen LogP contribution in [0.4, 0.5) is 0 Å². The molecule has 0 aromatic carbocycles. The summed E-state index contributed by atoms with van der Waals surface area (Å²) in [6.45, 7) is 1.85. The van der Waals surface area contributed by atoms with Crippen LogP contribution < -0.4 is 29.6 Å². The van der Waals surface area contributed by atoms with Crippen LogP contribution in [0, 0.1) is 6.92 Å². The van der Waals surface area contributed by atoms with Crippen LogP contribution in [0.25, 0.3) is 0 Å². The normalized spacial score (nSPS) is 8.12. The van der Waals surface area contributed by atoms with E-state index in [1.165, 1.54) is 11.5 Å². The first-order chi connectivity index (χ1) is 3.30. The molecule has 8 heavy (non-hydrogen) atoms. The Labute approximate surface area is 79.6 Å². The van der Waals surface area contributed by atoms with Crippen molar-refractivity contribution in [1.82, 2.24) is 9.59 Å². The molecule has 1 rings (SSSR count). The van der Waals surface area contributed by atoms with Gasteiger partial charge in [-0.05, 0) is 6.92 Å². The molecule has 0 saturated carbocycles. The van der Waals surface area contributed by atoms with Gasteiger partial charge in [0.2, 0.25) is 0 Å². The smallest absolute Gasteiger partial charge is 0.425 e. The third kappa shape index (κ3) is 1.95. The molecule has 1 aromatic rings. The van der Waals surface area contributed by atoms with E-state index in [2.05, 4.69) is 9.59 Å². The predicted octanol–water partition coefficient (Wildman–Crippen LogP) is -2.24. The molecule has 1 aromatic heterocycles. The van der Waals surface area contributed by atoms with E-state index in [0.717, 1.165) is 9.90 Å². The van der Waals surface area contributed by atoms with E-state index in [0.29, 0.717) is 0 Å². The summed E-state index contributed by atoms with van der Waals surface area (Å²) >= 11 is 6.04. The predicted molar refractivity (Wildman–Crippen MR) is 30.3 cm³/mol. The second-order valence-corrected chi connectivity index (χ2v) is 2.57. The summed E-state index contributed by atoms with van der Waals surface area (Å²) in [7, 11) is 0. The van der Waals surface area contributed by atoms with E-state index in [1.54, 1.807) is 0 Å². The van der Waals surface area contributed by atoms with E-state index < -0.39 is 0 Å². The summed E-state index contributed by atoms with van der Waals surface area (Å²) in [6, 6.07) is 0. The number of rotatable bonds is 0. The van der Waals surface area contributed by atoms with Crippen LogP contribution in [-0.2, 0) is 12.6 Å². The van der Waals surface area contributed by atoms with Gasteiger partial charge in [-0.2, -0.15) is 5.10 Å². The van der Waals surface area contributed by atoms with Crippen LogP contribution >= 0.6 is 11.5 Å². The molecule has 0 N–H and O–H groups in total. The van der Waals surface area contributed by atoms with Crippen LogP contribution in [0.3, 0.4) is 0 Å². The minimum atomic E-state index is 0. The SMILES string of the molecule is Cc1nnsc1[S-].[Na+]. The maximum Gasteiger partial charge on any atom is 1.00 e. The Kier molecular flexibility index (Phi) is 4.10. The fraction of sp³-hybridized carbons (Fsp3) is 0.333. The first-order valence-corrected chi connectivity index (χ1v) is 2.95. The molecule has 0 aliphatic carbocycles. The van der Waals surface area contributed by atoms with Gasteiger partial charge >= 0.3 is 29.6 Å². The van der Waals surface area contributed by atoms with E-state index in [-0.39, 0.29) is 29.6 Å². The van der Waals surface area contributed by atoms with Crippen molar-refractivity contribution in [3.63, 3.8) is 0 Å². The molecule has 0 radical (unpaired) electrons. The number of aromatic nitrogens is 2. The first-order valence-electron chi connectivity index (χ1n) is 1.76. The number of nitrogens with zero attached hydrogens (tertiary/aromatic N) is 2. The molecule has 2 nitrogen and oxygen atoms in total. The zero-order valence-corrected chi connectivity index (χ0v) is 8.34. The zero-order valence-electron chi connectivity index (χ0n) is 4.71. The van der Waals surface area contributed by atoms with E-state index in [9.17, 15) is 0 Å². The van der Waals surface area contributed by atoms with Crippen LogP contribution in [-0.4, -0.2) is 9.59 Å². The maximum absolute atomic E-state index is 4.78. The van der Waals surface area contributed by atoms with Crippen LogP contribution in [0.5, 0.6) is 0 Å². The van der Waals surface area contributed by atoms with E-state index in [1.807, 2.05) is 6.92 Å². The van der Waals surface area contributed by atoms with Gasteiger partial charge in [0.1, 0.15) is 0 Å². The molecule has 0 saturated heterocycles. The van der Waals surface area contributed by atoms with Crippen molar-refractivity contribution in [2.24, 2.45) is 0 Å². The zero-order chi connectivity index (χ0) is 5.28. The fourth-order valence-electron chi connectivity index (χ4n) is 0.226. The Balaban J connectivity index is 0.000000490. The summed E-state index contributed by atoms with van der Waals surface area (Å²) in [4.78, 5) is 0. The average Bonchev–Trinajstić information content (AvgIpc) is 1.91. The topological polar surface area (TPSA) is 25.8 Å². The minimum absolute atomic E-state index is 0. The Bertz CT molecular complexity index is 148. The van der Waals surface area contributed by atoms with Crippen molar-refractivity contribution in [3.8, 4) is 0 Å². The maximum atomic E-state index is 4.78. The second-order valence-electron chi connectivity index (χ2n) is 1.15. The van der Waals surface area contributed by atoms with Gasteiger partial charge in [-0.25, -0.2) is 16.0 Å². The molecule has 0 spiro atoms. The van der Waals surface area contributed by atoms with Gasteiger partial charge in [-0.3, -0.25) is 0 Å². The molecule has 5 heteroatoms. The number of hydrogen-bond acceptors (Lipinski definition) is 4. The number of hydrogen-bond donors (Lipinski definition) is 0. The monoisotopic (exact) mass is 154 g/mol. The van der Waals surface area contributed by atoms with Gasteiger partial charge < -0.3 is 12.6 Å². The quantitative estimate of drug-likeness (QED) is 0.312. The second kappa shape index (κ2) is 3.74. The molecule has 0 aliphatic heterocycles. The molecule has 38 valence electrons. The van der Waals surface area contributed by atoms with Gasteiger partial charge in [0.25, 0.3) is 0 Å². The third-order valence-electron chi connectivity index (χ3n) is 0.610. The Morgan fingerprint density at radius 2 is 2.25 bits per heavy atom. The molecule has 0 aliphatic rings. The molecule has 0 amide bonds. The van der Waals surface area contributed by atoms with Crippen molar-refractivity contribution in [1.29, 1.82) is 0 Å². The van der Waals surface area contributed by atoms with Gasteiger partial charge in [0.05, 0.1) is 0 Å². The van der Waals surface area contributed by atoms with Crippen molar-refractivity contribution in [3.05, 3.63) is 5.69 Å². The fourth-order valence-corrected chi connectivity index (χ4v) is 0.777. The standard InChI is InChI=1S/C3H4N2S2.Na/c1-2-3(6)7-5-4-2;/h6H,1H3;/q;+1/p-1. The number of aryl methyl sites for hydroxylation is 1. The molecular weight excluding hydrogens is 151 g/mol. The molecule has 0 unspecified atom stereocenters. The summed E-state index contributed by atoms with van der Waals surface area (Å²) < 4.78 is 4.40. The van der Waals surface area contributed by atoms with Gasteiger partial charge in [0, 0.05) is 5.69 Å². The summed E-state index contributed by atoms with van der Waals surface area (Å²) in [6.07, 6.45) is 0. The summed E-state index contributed by atoms with van der Waals surface area (Å²) in [5, 5.41) is 3.68. The van der Waals surface area contributed by atoms with E-state index in [4.69, 9.17) is 12.6 Å². The van der Waals surface area contributed by atoms with Gasteiger partial charge in [-0.15, -0.1) is 0 Å². The average molecular weight is 154 g/mol. The molecule has 1 heterocycles. The Hall–Kier alpha value is 0.780.